The summed E-state index contributed by atoms with van der Waals surface area (Å²) in [5, 5.41) is 29.0. The summed E-state index contributed by atoms with van der Waals surface area (Å²) in [7, 11) is 0. The molecule has 0 amide bonds. The minimum absolute atomic E-state index is 0.0640. The molecule has 0 aliphatic heterocycles. The highest BCUT2D eigenvalue weighted by atomic mass is 16.3. The van der Waals surface area contributed by atoms with E-state index in [9.17, 15) is 10.2 Å². The first-order chi connectivity index (χ1) is 9.63. The lowest BCUT2D eigenvalue weighted by molar-refractivity contribution is 0.0356. The average Bonchev–Trinajstić information content (AvgIpc) is 2.94. The molecule has 0 unspecified atom stereocenters. The van der Waals surface area contributed by atoms with Crippen molar-refractivity contribution in [3.05, 3.63) is 24.3 Å². The van der Waals surface area contributed by atoms with Crippen molar-refractivity contribution in [1.29, 1.82) is 0 Å². The van der Waals surface area contributed by atoms with Gasteiger partial charge in [-0.2, -0.15) is 0 Å². The van der Waals surface area contributed by atoms with Crippen LogP contribution in [0.2, 0.25) is 0 Å². The summed E-state index contributed by atoms with van der Waals surface area (Å²) in [6.07, 6.45) is 2.76. The first kappa shape index (κ1) is 13.0. The molecule has 106 valence electrons. The Morgan fingerprint density at radius 1 is 1.25 bits per heavy atom. The number of anilines is 1. The van der Waals surface area contributed by atoms with Gasteiger partial charge in [0.15, 0.2) is 11.5 Å². The largest absolute Gasteiger partial charge is 0.396 e. The number of aliphatic hydroxyl groups excluding tert-OH is 3. The second kappa shape index (κ2) is 4.82. The molecule has 0 radical (unpaired) electrons. The molecular weight excluding hydrogens is 262 g/mol. The number of nitrogens with two attached hydrogens (primary N) is 1. The van der Waals surface area contributed by atoms with Crippen LogP contribution in [-0.4, -0.2) is 53.7 Å². The summed E-state index contributed by atoms with van der Waals surface area (Å²) in [5.41, 5.74) is 7.40. The van der Waals surface area contributed by atoms with Gasteiger partial charge in [0.1, 0.15) is 24.1 Å². The highest BCUT2D eigenvalue weighted by molar-refractivity contribution is 5.81. The standard InChI is InChI=1S/C12H15N5O3/c13-11-8-12(15-4-14-11)17(5-16-8)9-6(1-2-18)3-7(19)10(9)20/h3-5,7,9-10,18-20H,1-2H2,(H2,13,14,15)/t7-,9-,10-/m1/s1. The van der Waals surface area contributed by atoms with Crippen LogP contribution in [0.3, 0.4) is 0 Å². The van der Waals surface area contributed by atoms with E-state index in [1.165, 1.54) is 12.7 Å². The minimum atomic E-state index is -1.01. The Kier molecular flexibility index (Phi) is 3.13. The van der Waals surface area contributed by atoms with Crippen molar-refractivity contribution in [3.8, 4) is 0 Å². The van der Waals surface area contributed by atoms with E-state index >= 15 is 0 Å². The maximum Gasteiger partial charge on any atom is 0.166 e. The topological polar surface area (TPSA) is 130 Å². The zero-order valence-corrected chi connectivity index (χ0v) is 10.6. The zero-order valence-electron chi connectivity index (χ0n) is 10.6. The van der Waals surface area contributed by atoms with E-state index in [-0.39, 0.29) is 12.4 Å². The molecule has 1 aliphatic carbocycles. The van der Waals surface area contributed by atoms with Crippen molar-refractivity contribution >= 4 is 17.0 Å². The molecule has 0 aromatic carbocycles. The molecule has 0 saturated carbocycles. The normalized spacial score (nSPS) is 26.1. The molecule has 0 bridgehead atoms. The van der Waals surface area contributed by atoms with Crippen molar-refractivity contribution in [2.75, 3.05) is 12.3 Å². The molecule has 2 aromatic heterocycles. The van der Waals surface area contributed by atoms with Crippen LogP contribution in [0.5, 0.6) is 0 Å². The number of aliphatic hydroxyl groups is 3. The van der Waals surface area contributed by atoms with Gasteiger partial charge in [0.2, 0.25) is 0 Å². The lowest BCUT2D eigenvalue weighted by Gasteiger charge is -2.21. The molecule has 0 fully saturated rings. The predicted octanol–water partition coefficient (Wildman–Crippen LogP) is -1.01. The van der Waals surface area contributed by atoms with Crippen LogP contribution < -0.4 is 5.73 Å². The fraction of sp³-hybridized carbons (Fsp3) is 0.417. The van der Waals surface area contributed by atoms with Crippen LogP contribution in [0.15, 0.2) is 24.3 Å². The number of fused-ring (bicyclic) bond motifs is 1. The summed E-state index contributed by atoms with van der Waals surface area (Å²) in [5.74, 6) is 0.259. The Morgan fingerprint density at radius 3 is 2.80 bits per heavy atom. The summed E-state index contributed by atoms with van der Waals surface area (Å²) >= 11 is 0. The summed E-state index contributed by atoms with van der Waals surface area (Å²) in [6.45, 7) is -0.0640. The maximum atomic E-state index is 10.1. The van der Waals surface area contributed by atoms with Crippen molar-refractivity contribution in [3.63, 3.8) is 0 Å². The van der Waals surface area contributed by atoms with E-state index in [0.29, 0.717) is 17.6 Å². The third-order valence-electron chi connectivity index (χ3n) is 3.53. The van der Waals surface area contributed by atoms with E-state index in [1.54, 1.807) is 10.6 Å². The molecule has 1 aliphatic rings. The van der Waals surface area contributed by atoms with Crippen molar-refractivity contribution in [2.24, 2.45) is 0 Å². The summed E-state index contributed by atoms with van der Waals surface area (Å²) in [4.78, 5) is 12.1. The van der Waals surface area contributed by atoms with Gasteiger partial charge in [0, 0.05) is 6.61 Å². The molecule has 8 nitrogen and oxygen atoms in total. The SMILES string of the molecule is Nc1ncnc2c1ncn2[C@@H]1C(CCO)=C[C@@H](O)[C@H]1O. The molecule has 3 atom stereocenters. The third-order valence-corrected chi connectivity index (χ3v) is 3.53. The maximum absolute atomic E-state index is 10.1. The lowest BCUT2D eigenvalue weighted by Crippen LogP contribution is -2.29. The van der Waals surface area contributed by atoms with E-state index in [1.807, 2.05) is 0 Å². The molecule has 0 saturated heterocycles. The lowest BCUT2D eigenvalue weighted by atomic mass is 10.1. The predicted molar refractivity (Wildman–Crippen MR) is 70.6 cm³/mol. The number of rotatable bonds is 3. The minimum Gasteiger partial charge on any atom is -0.396 e. The van der Waals surface area contributed by atoms with Crippen LogP contribution in [-0.2, 0) is 0 Å². The summed E-state index contributed by atoms with van der Waals surface area (Å²) in [6, 6.07) is -0.517. The third kappa shape index (κ3) is 1.85. The monoisotopic (exact) mass is 277 g/mol. The van der Waals surface area contributed by atoms with Crippen molar-refractivity contribution in [2.45, 2.75) is 24.7 Å². The van der Waals surface area contributed by atoms with Crippen LogP contribution in [0.4, 0.5) is 5.82 Å². The van der Waals surface area contributed by atoms with Gasteiger partial charge in [0.25, 0.3) is 0 Å². The van der Waals surface area contributed by atoms with Gasteiger partial charge in [-0.25, -0.2) is 15.0 Å². The fourth-order valence-corrected chi connectivity index (χ4v) is 2.60. The number of nitrogens with zero attached hydrogens (tertiary/aromatic N) is 4. The highest BCUT2D eigenvalue weighted by Crippen LogP contribution is 2.35. The smallest absolute Gasteiger partial charge is 0.166 e. The van der Waals surface area contributed by atoms with Gasteiger partial charge in [0.05, 0.1) is 12.4 Å². The van der Waals surface area contributed by atoms with E-state index in [4.69, 9.17) is 10.8 Å². The Hall–Kier alpha value is -2.03. The zero-order chi connectivity index (χ0) is 14.3. The van der Waals surface area contributed by atoms with E-state index in [2.05, 4.69) is 15.0 Å². The molecule has 5 N–H and O–H groups in total. The Balaban J connectivity index is 2.10. The highest BCUT2D eigenvalue weighted by Gasteiger charge is 2.36. The second-order valence-electron chi connectivity index (χ2n) is 4.72. The summed E-state index contributed by atoms with van der Waals surface area (Å²) < 4.78 is 1.65. The molecule has 0 spiro atoms. The Morgan fingerprint density at radius 2 is 2.05 bits per heavy atom. The Labute approximate surface area is 114 Å². The number of imidazole rings is 1. The first-order valence-corrected chi connectivity index (χ1v) is 6.24. The van der Waals surface area contributed by atoms with Crippen molar-refractivity contribution < 1.29 is 15.3 Å². The number of hydrogen-bond donors (Lipinski definition) is 4. The Bertz CT molecular complexity index is 668. The molecular formula is C12H15N5O3. The average molecular weight is 277 g/mol. The second-order valence-corrected chi connectivity index (χ2v) is 4.72. The van der Waals surface area contributed by atoms with Gasteiger partial charge in [-0.3, -0.25) is 0 Å². The quantitative estimate of drug-likeness (QED) is 0.529. The van der Waals surface area contributed by atoms with Gasteiger partial charge in [-0.15, -0.1) is 0 Å². The number of nitrogen functional groups attached to an aromatic ring is 1. The molecule has 2 aromatic rings. The van der Waals surface area contributed by atoms with Gasteiger partial charge in [-0.05, 0) is 12.0 Å². The van der Waals surface area contributed by atoms with Crippen molar-refractivity contribution in [1.82, 2.24) is 19.5 Å². The van der Waals surface area contributed by atoms with E-state index in [0.717, 1.165) is 5.57 Å². The van der Waals surface area contributed by atoms with Crippen LogP contribution in [0.1, 0.15) is 12.5 Å². The molecule has 8 heteroatoms. The van der Waals surface area contributed by atoms with Gasteiger partial charge < -0.3 is 25.6 Å². The molecule has 2 heterocycles. The van der Waals surface area contributed by atoms with Gasteiger partial charge in [-0.1, -0.05) is 6.08 Å². The fourth-order valence-electron chi connectivity index (χ4n) is 2.60. The van der Waals surface area contributed by atoms with Crippen LogP contribution >= 0.6 is 0 Å². The first-order valence-electron chi connectivity index (χ1n) is 6.24. The molecule has 3 rings (SSSR count). The van der Waals surface area contributed by atoms with Gasteiger partial charge >= 0.3 is 0 Å². The van der Waals surface area contributed by atoms with Crippen LogP contribution in [0.25, 0.3) is 11.2 Å². The molecule has 20 heavy (non-hydrogen) atoms. The van der Waals surface area contributed by atoms with Crippen LogP contribution in [0, 0.1) is 0 Å². The number of aromatic nitrogens is 4. The number of hydrogen-bond acceptors (Lipinski definition) is 7. The van der Waals surface area contributed by atoms with E-state index < -0.39 is 18.2 Å².